The van der Waals surface area contributed by atoms with Crippen LogP contribution in [0.4, 0.5) is 17.1 Å². The van der Waals surface area contributed by atoms with Gasteiger partial charge in [0.15, 0.2) is 5.60 Å². The molecule has 2 aliphatic rings. The number of carbonyl (C=O) groups is 1. The van der Waals surface area contributed by atoms with Gasteiger partial charge in [-0.15, -0.1) is 0 Å². The molecule has 5 heteroatoms. The van der Waals surface area contributed by atoms with E-state index in [9.17, 15) is 4.79 Å². The first-order valence-corrected chi connectivity index (χ1v) is 13.2. The molecule has 192 valence electrons. The van der Waals surface area contributed by atoms with Crippen LogP contribution in [0.3, 0.4) is 0 Å². The Labute approximate surface area is 224 Å². The zero-order valence-electron chi connectivity index (χ0n) is 22.4. The van der Waals surface area contributed by atoms with Gasteiger partial charge in [0.05, 0.1) is 5.56 Å². The predicted molar refractivity (Wildman–Crippen MR) is 152 cm³/mol. The number of hydrogen-bond donors (Lipinski definition) is 1. The third-order valence-corrected chi connectivity index (χ3v) is 7.51. The fourth-order valence-corrected chi connectivity index (χ4v) is 5.97. The lowest BCUT2D eigenvalue weighted by Crippen LogP contribution is -2.37. The van der Waals surface area contributed by atoms with Gasteiger partial charge in [0.25, 0.3) is 0 Å². The molecule has 0 fully saturated rings. The summed E-state index contributed by atoms with van der Waals surface area (Å²) in [6, 6.07) is 28.7. The lowest BCUT2D eigenvalue weighted by molar-refractivity contribution is 0.0224. The van der Waals surface area contributed by atoms with Gasteiger partial charge >= 0.3 is 5.97 Å². The van der Waals surface area contributed by atoms with Crippen molar-refractivity contribution in [3.63, 3.8) is 0 Å². The van der Waals surface area contributed by atoms with Gasteiger partial charge in [-0.2, -0.15) is 0 Å². The molecule has 1 atom stereocenters. The molecule has 0 aromatic heterocycles. The number of nitrogens with zero attached hydrogens (tertiary/aromatic N) is 1. The number of aryl methyl sites for hydroxylation is 1. The largest absolute Gasteiger partial charge is 0.456 e. The summed E-state index contributed by atoms with van der Waals surface area (Å²) >= 11 is 0. The van der Waals surface area contributed by atoms with Gasteiger partial charge in [-0.3, -0.25) is 0 Å². The smallest absolute Gasteiger partial charge is 0.340 e. The molecule has 1 unspecified atom stereocenters. The van der Waals surface area contributed by atoms with Crippen LogP contribution in [0.5, 0.6) is 11.5 Å². The predicted octanol–water partition coefficient (Wildman–Crippen LogP) is 7.93. The Hall–Kier alpha value is -4.25. The molecule has 4 aromatic carbocycles. The highest BCUT2D eigenvalue weighted by atomic mass is 16.6. The number of para-hydroxylation sites is 1. The monoisotopic (exact) mass is 504 g/mol. The van der Waals surface area contributed by atoms with E-state index >= 15 is 0 Å². The van der Waals surface area contributed by atoms with E-state index in [2.05, 4.69) is 69.1 Å². The SMILES string of the molecule is Cc1cc2c(cc1Nc1ccccc1)C1(OC(=O)c3ccccc31)c1ccc(N(C(C)C)C(C)C)cc1O2. The van der Waals surface area contributed by atoms with Crippen LogP contribution in [-0.4, -0.2) is 18.1 Å². The van der Waals surface area contributed by atoms with Crippen molar-refractivity contribution in [1.29, 1.82) is 0 Å². The number of benzene rings is 4. The molecule has 6 rings (SSSR count). The van der Waals surface area contributed by atoms with Crippen LogP contribution < -0.4 is 15.0 Å². The van der Waals surface area contributed by atoms with Gasteiger partial charge in [-0.1, -0.05) is 36.4 Å². The lowest BCUT2D eigenvalue weighted by Gasteiger charge is -2.39. The van der Waals surface area contributed by atoms with Crippen molar-refractivity contribution in [2.24, 2.45) is 0 Å². The Morgan fingerprint density at radius 2 is 1.45 bits per heavy atom. The summed E-state index contributed by atoms with van der Waals surface area (Å²) in [7, 11) is 0. The van der Waals surface area contributed by atoms with Crippen LogP contribution in [-0.2, 0) is 10.3 Å². The molecule has 4 aromatic rings. The van der Waals surface area contributed by atoms with Crippen molar-refractivity contribution in [1.82, 2.24) is 0 Å². The molecule has 0 radical (unpaired) electrons. The van der Waals surface area contributed by atoms with Crippen molar-refractivity contribution in [3.8, 4) is 11.5 Å². The summed E-state index contributed by atoms with van der Waals surface area (Å²) in [5.41, 5.74) is 5.98. The number of rotatable bonds is 5. The minimum atomic E-state index is -1.10. The molecule has 2 aliphatic heterocycles. The number of nitrogens with one attached hydrogen (secondary N) is 1. The molecule has 2 heterocycles. The molecular formula is C33H32N2O3. The van der Waals surface area contributed by atoms with Crippen LogP contribution in [0.2, 0.25) is 0 Å². The van der Waals surface area contributed by atoms with Crippen molar-refractivity contribution in [3.05, 3.63) is 113 Å². The number of esters is 1. The average molecular weight is 505 g/mol. The topological polar surface area (TPSA) is 50.8 Å². The molecule has 0 bridgehead atoms. The van der Waals surface area contributed by atoms with Gasteiger partial charge in [-0.25, -0.2) is 4.79 Å². The van der Waals surface area contributed by atoms with E-state index in [1.807, 2.05) is 60.7 Å². The van der Waals surface area contributed by atoms with Crippen LogP contribution in [0.25, 0.3) is 0 Å². The first-order chi connectivity index (χ1) is 18.3. The zero-order valence-corrected chi connectivity index (χ0v) is 22.4. The fraction of sp³-hybridized carbons (Fsp3) is 0.242. The highest BCUT2D eigenvalue weighted by Gasteiger charge is 2.53. The van der Waals surface area contributed by atoms with Crippen LogP contribution in [0.15, 0.2) is 84.9 Å². The third-order valence-electron chi connectivity index (χ3n) is 7.51. The second kappa shape index (κ2) is 8.95. The number of ether oxygens (including phenoxy) is 2. The number of fused-ring (bicyclic) bond motifs is 6. The highest BCUT2D eigenvalue weighted by Crippen LogP contribution is 2.57. The quantitative estimate of drug-likeness (QED) is 0.280. The van der Waals surface area contributed by atoms with Crippen molar-refractivity contribution in [2.45, 2.75) is 52.3 Å². The van der Waals surface area contributed by atoms with E-state index in [-0.39, 0.29) is 5.97 Å². The lowest BCUT2D eigenvalue weighted by atomic mass is 9.77. The summed E-state index contributed by atoms with van der Waals surface area (Å²) in [4.78, 5) is 15.6. The van der Waals surface area contributed by atoms with Crippen molar-refractivity contribution in [2.75, 3.05) is 10.2 Å². The minimum absolute atomic E-state index is 0.316. The molecule has 0 saturated carbocycles. The second-order valence-electron chi connectivity index (χ2n) is 10.6. The van der Waals surface area contributed by atoms with Crippen LogP contribution in [0.1, 0.15) is 60.3 Å². The van der Waals surface area contributed by atoms with Gasteiger partial charge in [0, 0.05) is 51.9 Å². The molecular weight excluding hydrogens is 472 g/mol. The number of carbonyl (C=O) groups excluding carboxylic acids is 1. The summed E-state index contributed by atoms with van der Waals surface area (Å²) < 4.78 is 13.0. The van der Waals surface area contributed by atoms with E-state index in [4.69, 9.17) is 9.47 Å². The first kappa shape index (κ1) is 24.1. The standard InChI is InChI=1S/C33H32N2O3/c1-20(2)35(21(3)4)24-15-16-27-31(18-24)37-30-17-22(5)29(34-23-11-7-6-8-12-23)19-28(30)33(27)26-14-10-9-13-25(26)32(36)38-33/h6-21,34H,1-5H3. The van der Waals surface area contributed by atoms with Gasteiger partial charge in [0.1, 0.15) is 11.5 Å². The molecule has 1 spiro atoms. The zero-order chi connectivity index (χ0) is 26.6. The van der Waals surface area contributed by atoms with E-state index in [1.165, 1.54) is 0 Å². The van der Waals surface area contributed by atoms with Gasteiger partial charge < -0.3 is 19.7 Å². The summed E-state index contributed by atoms with van der Waals surface area (Å²) in [6.07, 6.45) is 0. The Kier molecular flexibility index (Phi) is 5.68. The third kappa shape index (κ3) is 3.65. The molecule has 0 saturated heterocycles. The Bertz CT molecular complexity index is 1540. The maximum Gasteiger partial charge on any atom is 0.340 e. The number of hydrogen-bond acceptors (Lipinski definition) is 5. The van der Waals surface area contributed by atoms with Gasteiger partial charge in [-0.05, 0) is 82.6 Å². The Morgan fingerprint density at radius 3 is 2.18 bits per heavy atom. The molecule has 1 N–H and O–H groups in total. The Balaban J connectivity index is 1.58. The van der Waals surface area contributed by atoms with Crippen LogP contribution >= 0.6 is 0 Å². The average Bonchev–Trinajstić information content (AvgIpc) is 3.18. The molecule has 0 aliphatic carbocycles. The number of anilines is 3. The Morgan fingerprint density at radius 1 is 0.763 bits per heavy atom. The van der Waals surface area contributed by atoms with E-state index < -0.39 is 5.60 Å². The minimum Gasteiger partial charge on any atom is -0.456 e. The van der Waals surface area contributed by atoms with E-state index in [0.717, 1.165) is 39.3 Å². The summed E-state index contributed by atoms with van der Waals surface area (Å²) in [5.74, 6) is 1.07. The van der Waals surface area contributed by atoms with Crippen molar-refractivity contribution >= 4 is 23.0 Å². The highest BCUT2D eigenvalue weighted by molar-refractivity contribution is 5.97. The van der Waals surface area contributed by atoms with E-state index in [1.54, 1.807) is 0 Å². The normalized spacial score (nSPS) is 17.1. The summed E-state index contributed by atoms with van der Waals surface area (Å²) in [5, 5.41) is 3.53. The molecule has 38 heavy (non-hydrogen) atoms. The first-order valence-electron chi connectivity index (χ1n) is 13.2. The van der Waals surface area contributed by atoms with Gasteiger partial charge in [0.2, 0.25) is 0 Å². The van der Waals surface area contributed by atoms with E-state index in [0.29, 0.717) is 29.1 Å². The molecule has 5 nitrogen and oxygen atoms in total. The van der Waals surface area contributed by atoms with Crippen molar-refractivity contribution < 1.29 is 14.3 Å². The fourth-order valence-electron chi connectivity index (χ4n) is 5.97. The maximum absolute atomic E-state index is 13.3. The maximum atomic E-state index is 13.3. The molecule has 0 amide bonds. The van der Waals surface area contributed by atoms with Crippen LogP contribution in [0, 0.1) is 6.92 Å². The second-order valence-corrected chi connectivity index (χ2v) is 10.6. The summed E-state index contributed by atoms with van der Waals surface area (Å²) in [6.45, 7) is 10.8.